The van der Waals surface area contributed by atoms with E-state index in [9.17, 15) is 18.0 Å². The maximum Gasteiger partial charge on any atom is 0.264 e. The lowest BCUT2D eigenvalue weighted by atomic mass is 9.96. The van der Waals surface area contributed by atoms with Crippen molar-refractivity contribution < 1.29 is 22.7 Å². The summed E-state index contributed by atoms with van der Waals surface area (Å²) >= 11 is 6.43. The van der Waals surface area contributed by atoms with Gasteiger partial charge in [0.05, 0.1) is 40.9 Å². The topological polar surface area (TPSA) is 113 Å². The number of rotatable bonds is 2. The number of nitrogens with two attached hydrogens (primary N) is 1. The predicted molar refractivity (Wildman–Crippen MR) is 156 cm³/mol. The fourth-order valence-corrected chi connectivity index (χ4v) is 6.96. The van der Waals surface area contributed by atoms with E-state index < -0.39 is 16.1 Å². The number of para-hydroxylation sites is 2. The van der Waals surface area contributed by atoms with Gasteiger partial charge in [-0.2, -0.15) is 0 Å². The SMILES string of the molecule is COc1ccccc1N1C/C=C/CCCC(N)C(=O)N2CCCC(CN(C)C(=O)c3cc(ccc3Cl)S1(=O)=O)C2. The minimum atomic E-state index is -4.12. The molecule has 216 valence electrons. The van der Waals surface area contributed by atoms with Gasteiger partial charge in [0.15, 0.2) is 0 Å². The highest BCUT2D eigenvalue weighted by molar-refractivity contribution is 7.92. The van der Waals surface area contributed by atoms with Crippen molar-refractivity contribution in [3.63, 3.8) is 0 Å². The molecule has 0 spiro atoms. The van der Waals surface area contributed by atoms with E-state index in [-0.39, 0.29) is 39.8 Å². The third-order valence-corrected chi connectivity index (χ3v) is 9.57. The molecule has 2 amide bonds. The third-order valence-electron chi connectivity index (χ3n) is 7.46. The van der Waals surface area contributed by atoms with Gasteiger partial charge in [0.2, 0.25) is 5.91 Å². The van der Waals surface area contributed by atoms with E-state index in [0.29, 0.717) is 50.3 Å². The van der Waals surface area contributed by atoms with Crippen molar-refractivity contribution >= 4 is 39.1 Å². The number of hydrogen-bond acceptors (Lipinski definition) is 6. The average molecular weight is 589 g/mol. The molecule has 4 bridgehead atoms. The summed E-state index contributed by atoms with van der Waals surface area (Å²) in [5.74, 6) is 0.0256. The van der Waals surface area contributed by atoms with Gasteiger partial charge >= 0.3 is 0 Å². The van der Waals surface area contributed by atoms with Gasteiger partial charge < -0.3 is 20.3 Å². The van der Waals surface area contributed by atoms with Crippen LogP contribution in [0, 0.1) is 5.92 Å². The molecule has 2 heterocycles. The van der Waals surface area contributed by atoms with Gasteiger partial charge in [-0.05, 0) is 68.4 Å². The molecule has 11 heteroatoms. The number of carbonyl (C=O) groups excluding carboxylic acids is 2. The van der Waals surface area contributed by atoms with Crippen molar-refractivity contribution in [2.24, 2.45) is 11.7 Å². The Hall–Kier alpha value is -3.08. The monoisotopic (exact) mass is 588 g/mol. The average Bonchev–Trinajstić information content (AvgIpc) is 2.95. The summed E-state index contributed by atoms with van der Waals surface area (Å²) in [5.41, 5.74) is 6.73. The molecule has 9 nitrogen and oxygen atoms in total. The zero-order chi connectivity index (χ0) is 28.9. The number of carbonyl (C=O) groups is 2. The maximum atomic E-state index is 14.0. The highest BCUT2D eigenvalue weighted by Crippen LogP contribution is 2.33. The molecule has 1 saturated heterocycles. The lowest BCUT2D eigenvalue weighted by Crippen LogP contribution is -2.49. The first kappa shape index (κ1) is 29.9. The van der Waals surface area contributed by atoms with E-state index in [1.54, 1.807) is 42.3 Å². The summed E-state index contributed by atoms with van der Waals surface area (Å²) < 4.78 is 34.8. The van der Waals surface area contributed by atoms with Crippen LogP contribution < -0.4 is 14.8 Å². The van der Waals surface area contributed by atoms with E-state index in [1.807, 2.05) is 11.0 Å². The second kappa shape index (κ2) is 13.1. The van der Waals surface area contributed by atoms with E-state index >= 15 is 0 Å². The van der Waals surface area contributed by atoms with Crippen molar-refractivity contribution in [2.45, 2.75) is 43.0 Å². The minimum absolute atomic E-state index is 0.0367. The number of ether oxygens (including phenoxy) is 1. The lowest BCUT2D eigenvalue weighted by Gasteiger charge is -2.36. The molecule has 4 rings (SSSR count). The largest absolute Gasteiger partial charge is 0.495 e. The van der Waals surface area contributed by atoms with Gasteiger partial charge in [-0.15, -0.1) is 0 Å². The van der Waals surface area contributed by atoms with Gasteiger partial charge in [-0.25, -0.2) is 8.42 Å². The van der Waals surface area contributed by atoms with Gasteiger partial charge in [-0.3, -0.25) is 13.9 Å². The van der Waals surface area contributed by atoms with Crippen LogP contribution in [0.2, 0.25) is 5.02 Å². The van der Waals surface area contributed by atoms with Crippen LogP contribution in [0.3, 0.4) is 0 Å². The van der Waals surface area contributed by atoms with Gasteiger partial charge in [-0.1, -0.05) is 35.9 Å². The first-order valence-corrected chi connectivity index (χ1v) is 15.4. The van der Waals surface area contributed by atoms with Crippen molar-refractivity contribution in [1.29, 1.82) is 0 Å². The number of benzene rings is 2. The van der Waals surface area contributed by atoms with Crippen LogP contribution in [-0.4, -0.2) is 76.4 Å². The number of methoxy groups -OCH3 is 1. The van der Waals surface area contributed by atoms with Crippen LogP contribution in [0.1, 0.15) is 42.5 Å². The van der Waals surface area contributed by atoms with Crippen molar-refractivity contribution in [1.82, 2.24) is 9.80 Å². The van der Waals surface area contributed by atoms with Crippen LogP contribution in [0.4, 0.5) is 5.69 Å². The van der Waals surface area contributed by atoms with Crippen LogP contribution in [0.15, 0.2) is 59.5 Å². The normalized spacial score (nSPS) is 23.6. The Bertz CT molecular complexity index is 1370. The predicted octanol–water partition coefficient (Wildman–Crippen LogP) is 3.92. The summed E-state index contributed by atoms with van der Waals surface area (Å²) in [6.45, 7) is 1.63. The Labute approximate surface area is 241 Å². The lowest BCUT2D eigenvalue weighted by molar-refractivity contribution is -0.134. The molecule has 40 heavy (non-hydrogen) atoms. The van der Waals surface area contributed by atoms with E-state index in [1.165, 1.54) is 29.6 Å². The molecule has 2 unspecified atom stereocenters. The van der Waals surface area contributed by atoms with Crippen molar-refractivity contribution in [3.05, 3.63) is 65.2 Å². The van der Waals surface area contributed by atoms with E-state index in [4.69, 9.17) is 22.1 Å². The fraction of sp³-hybridized carbons (Fsp3) is 0.448. The minimum Gasteiger partial charge on any atom is -0.495 e. The Kier molecular flexibility index (Phi) is 9.76. The van der Waals surface area contributed by atoms with Crippen molar-refractivity contribution in [2.75, 3.05) is 44.6 Å². The van der Waals surface area contributed by atoms with Crippen LogP contribution in [-0.2, 0) is 14.8 Å². The summed E-state index contributed by atoms with van der Waals surface area (Å²) in [6, 6.07) is 10.5. The number of fused-ring (bicyclic) bond motifs is 4. The number of allylic oxidation sites excluding steroid dienone is 1. The highest BCUT2D eigenvalue weighted by atomic mass is 35.5. The van der Waals surface area contributed by atoms with E-state index in [2.05, 4.69) is 0 Å². The number of hydrogen-bond donors (Lipinski definition) is 1. The number of halogens is 1. The quantitative estimate of drug-likeness (QED) is 0.532. The zero-order valence-corrected chi connectivity index (χ0v) is 24.5. The molecule has 0 aliphatic carbocycles. The molecule has 2 atom stereocenters. The summed E-state index contributed by atoms with van der Waals surface area (Å²) in [7, 11) is -0.967. The molecule has 1 fully saturated rings. The second-order valence-corrected chi connectivity index (χ2v) is 12.6. The molecule has 2 aliphatic rings. The molecule has 2 aromatic rings. The summed E-state index contributed by atoms with van der Waals surface area (Å²) in [4.78, 5) is 29.9. The fourth-order valence-electron chi connectivity index (χ4n) is 5.31. The Morgan fingerprint density at radius 2 is 1.80 bits per heavy atom. The molecule has 2 aliphatic heterocycles. The molecule has 2 aromatic carbocycles. The molecule has 2 N–H and O–H groups in total. The zero-order valence-electron chi connectivity index (χ0n) is 23.0. The molecule has 0 saturated carbocycles. The van der Waals surface area contributed by atoms with Gasteiger partial charge in [0.25, 0.3) is 15.9 Å². The Morgan fingerprint density at radius 1 is 1.02 bits per heavy atom. The van der Waals surface area contributed by atoms with Gasteiger partial charge in [0, 0.05) is 26.7 Å². The second-order valence-electron chi connectivity index (χ2n) is 10.3. The smallest absolute Gasteiger partial charge is 0.264 e. The van der Waals surface area contributed by atoms with Gasteiger partial charge in [0.1, 0.15) is 5.75 Å². The Balaban J connectivity index is 1.75. The highest BCUT2D eigenvalue weighted by Gasteiger charge is 2.31. The van der Waals surface area contributed by atoms with Crippen molar-refractivity contribution in [3.8, 4) is 5.75 Å². The Morgan fingerprint density at radius 3 is 2.58 bits per heavy atom. The summed E-state index contributed by atoms with van der Waals surface area (Å²) in [6.07, 6.45) is 7.25. The number of piperidine rings is 1. The third kappa shape index (κ3) is 6.62. The first-order chi connectivity index (χ1) is 19.1. The summed E-state index contributed by atoms with van der Waals surface area (Å²) in [5, 5.41) is 0.164. The maximum absolute atomic E-state index is 14.0. The number of nitrogens with zero attached hydrogens (tertiary/aromatic N) is 3. The standard InChI is InChI=1S/C29H37ClN4O5S/c1-32-19-21-10-9-16-33(20-21)29(36)25(31)11-5-3-4-8-17-34(26-12-6-7-13-27(26)39-2)40(37,38)22-14-15-24(30)23(18-22)28(32)35/h4,6-8,12-15,18,21,25H,3,5,9-11,16-17,19-20,31H2,1-2H3/b8-4+. The molecular weight excluding hydrogens is 552 g/mol. The molecule has 0 radical (unpaired) electrons. The number of anilines is 1. The van der Waals surface area contributed by atoms with Crippen LogP contribution in [0.25, 0.3) is 0 Å². The van der Waals surface area contributed by atoms with Crippen LogP contribution in [0.5, 0.6) is 5.75 Å². The van der Waals surface area contributed by atoms with Crippen LogP contribution >= 0.6 is 11.6 Å². The molecule has 0 aromatic heterocycles. The molecular formula is C29H37ClN4O5S. The number of amides is 2. The first-order valence-electron chi connectivity index (χ1n) is 13.5. The van der Waals surface area contributed by atoms with E-state index in [0.717, 1.165) is 12.8 Å². The number of sulfonamides is 1.